The van der Waals surface area contributed by atoms with Crippen molar-refractivity contribution in [2.24, 2.45) is 11.8 Å². The molecular formula is C36H65ClN2O6S. The van der Waals surface area contributed by atoms with Crippen molar-refractivity contribution in [3.05, 3.63) is 0 Å². The summed E-state index contributed by atoms with van der Waals surface area (Å²) in [7, 11) is 0. The fourth-order valence-electron chi connectivity index (χ4n) is 7.09. The Morgan fingerprint density at radius 3 is 2.02 bits per heavy atom. The number of alkyl halides is 1. The van der Waals surface area contributed by atoms with E-state index < -0.39 is 47.2 Å². The molecule has 0 bridgehead atoms. The Balaban J connectivity index is 1.38. The van der Waals surface area contributed by atoms with Crippen molar-refractivity contribution in [1.29, 1.82) is 0 Å². The molecule has 9 atom stereocenters. The molecule has 8 nitrogen and oxygen atoms in total. The Morgan fingerprint density at radius 2 is 1.46 bits per heavy atom. The summed E-state index contributed by atoms with van der Waals surface area (Å²) in [5, 5.41) is 28.1. The molecule has 10 heteroatoms. The highest BCUT2D eigenvalue weighted by molar-refractivity contribution is 7.99. The molecule has 0 spiro atoms. The van der Waals surface area contributed by atoms with Crippen LogP contribution in [0.5, 0.6) is 0 Å². The van der Waals surface area contributed by atoms with Gasteiger partial charge in [0.2, 0.25) is 5.91 Å². The average Bonchev–Trinajstić information content (AvgIpc) is 3.88. The summed E-state index contributed by atoms with van der Waals surface area (Å²) >= 11 is 7.85. The Bertz CT molecular complexity index is 862. The summed E-state index contributed by atoms with van der Waals surface area (Å²) in [5.41, 5.74) is -0.701. The Morgan fingerprint density at radius 1 is 0.891 bits per heavy atom. The van der Waals surface area contributed by atoms with E-state index in [9.17, 15) is 19.8 Å². The quantitative estimate of drug-likeness (QED) is 0.0554. The number of unbranched alkanes of at least 4 members (excludes halogenated alkanes) is 12. The van der Waals surface area contributed by atoms with Crippen LogP contribution in [0.3, 0.4) is 0 Å². The lowest BCUT2D eigenvalue weighted by Gasteiger charge is -2.45. The van der Waals surface area contributed by atoms with E-state index in [4.69, 9.17) is 21.1 Å². The molecule has 2 aliphatic heterocycles. The van der Waals surface area contributed by atoms with Gasteiger partial charge >= 0.3 is 5.97 Å². The van der Waals surface area contributed by atoms with Crippen LogP contribution in [0.2, 0.25) is 0 Å². The molecule has 2 heterocycles. The fraction of sp³-hybridized carbons (Fsp3) is 0.944. The van der Waals surface area contributed by atoms with E-state index in [2.05, 4.69) is 17.6 Å². The van der Waals surface area contributed by atoms with Gasteiger partial charge in [0.15, 0.2) is 6.10 Å². The average molecular weight is 689 g/mol. The molecule has 1 aliphatic carbocycles. The fourth-order valence-corrected chi connectivity index (χ4v) is 8.02. The summed E-state index contributed by atoms with van der Waals surface area (Å²) in [6.07, 6.45) is 20.2. The van der Waals surface area contributed by atoms with Gasteiger partial charge in [0.05, 0.1) is 17.5 Å². The van der Waals surface area contributed by atoms with E-state index in [1.807, 2.05) is 6.26 Å². The predicted octanol–water partition coefficient (Wildman–Crippen LogP) is 6.86. The van der Waals surface area contributed by atoms with Gasteiger partial charge in [-0.05, 0) is 63.7 Å². The van der Waals surface area contributed by atoms with Crippen molar-refractivity contribution in [1.82, 2.24) is 10.6 Å². The molecule has 3 fully saturated rings. The Labute approximate surface area is 288 Å². The molecule has 3 aliphatic rings. The summed E-state index contributed by atoms with van der Waals surface area (Å²) < 4.78 is 11.9. The first-order valence-electron chi connectivity index (χ1n) is 18.7. The van der Waals surface area contributed by atoms with Gasteiger partial charge in [-0.15, -0.1) is 23.4 Å². The molecule has 4 unspecified atom stereocenters. The number of aliphatic hydroxyl groups is 2. The summed E-state index contributed by atoms with van der Waals surface area (Å²) in [4.78, 5) is 26.1. The van der Waals surface area contributed by atoms with E-state index in [-0.39, 0.29) is 18.4 Å². The van der Waals surface area contributed by atoms with Crippen LogP contribution >= 0.6 is 23.4 Å². The molecule has 4 N–H and O–H groups in total. The first-order chi connectivity index (χ1) is 22.2. The zero-order valence-electron chi connectivity index (χ0n) is 28.9. The van der Waals surface area contributed by atoms with Crippen molar-refractivity contribution in [3.8, 4) is 0 Å². The third-order valence-corrected chi connectivity index (χ3v) is 11.3. The second-order valence-electron chi connectivity index (χ2n) is 14.3. The number of carbonyl (C=O) groups is 2. The minimum absolute atomic E-state index is 0.165. The van der Waals surface area contributed by atoms with Crippen LogP contribution in [0, 0.1) is 11.8 Å². The number of nitrogens with one attached hydrogen (secondary N) is 2. The highest BCUT2D eigenvalue weighted by Crippen LogP contribution is 2.38. The molecule has 1 saturated carbocycles. The monoisotopic (exact) mass is 688 g/mol. The predicted molar refractivity (Wildman–Crippen MR) is 188 cm³/mol. The number of rotatable bonds is 22. The largest absolute Gasteiger partial charge is 0.456 e. The van der Waals surface area contributed by atoms with Crippen LogP contribution in [0.4, 0.5) is 0 Å². The maximum atomic E-state index is 13.4. The molecule has 268 valence electrons. The molecule has 2 saturated heterocycles. The third kappa shape index (κ3) is 14.1. The van der Waals surface area contributed by atoms with Gasteiger partial charge < -0.3 is 30.3 Å². The first-order valence-corrected chi connectivity index (χ1v) is 20.4. The third-order valence-electron chi connectivity index (χ3n) is 10.2. The highest BCUT2D eigenvalue weighted by Gasteiger charge is 2.50. The maximum absolute atomic E-state index is 13.4. The van der Waals surface area contributed by atoms with Gasteiger partial charge in [-0.3, -0.25) is 9.59 Å². The molecular weight excluding hydrogens is 624 g/mol. The van der Waals surface area contributed by atoms with Crippen LogP contribution in [-0.4, -0.2) is 82.2 Å². The number of thioether (sulfide) groups is 1. The Hall–Kier alpha value is -0.580. The topological polar surface area (TPSA) is 117 Å². The highest BCUT2D eigenvalue weighted by atomic mass is 35.5. The normalized spacial score (nSPS) is 29.9. The second-order valence-corrected chi connectivity index (χ2v) is 15.9. The number of halogens is 1. The number of hydrogen-bond donors (Lipinski definition) is 4. The van der Waals surface area contributed by atoms with Crippen molar-refractivity contribution in [2.45, 2.75) is 190 Å². The van der Waals surface area contributed by atoms with Crippen molar-refractivity contribution < 1.29 is 29.3 Å². The molecule has 1 amide bonds. The SMILES string of the molecule is CCCCCCCCCCCCCCCC(=O)O[C@@H]1[C@@H](O)[C@@H](O)[C@@H](C(NC(=O)C2CCC(CC3CC3)CCN2)C(C)Cl)O[C@@H]1SC. The number of esters is 1. The first kappa shape index (κ1) is 39.9. The van der Waals surface area contributed by atoms with Crippen molar-refractivity contribution in [3.63, 3.8) is 0 Å². The van der Waals surface area contributed by atoms with Gasteiger partial charge in [0, 0.05) is 6.42 Å². The lowest BCUT2D eigenvalue weighted by molar-refractivity contribution is -0.218. The molecule has 0 aromatic rings. The molecule has 0 aromatic heterocycles. The summed E-state index contributed by atoms with van der Waals surface area (Å²) in [6.45, 7) is 4.80. The maximum Gasteiger partial charge on any atom is 0.306 e. The molecule has 0 aromatic carbocycles. The zero-order valence-corrected chi connectivity index (χ0v) is 30.5. The lowest BCUT2D eigenvalue weighted by atomic mass is 9.92. The number of ether oxygens (including phenoxy) is 2. The standard InChI is InChI=1S/C36H65ClN2O6S/c1-4-5-6-7-8-9-10-11-12-13-14-15-16-17-29(40)44-34-32(42)31(41)33(45-36(34)46-3)30(25(2)37)39-35(43)28-21-20-27(22-23-38-28)24-26-18-19-26/h25-28,30-34,36,38,41-42H,4-24H2,1-3H3,(H,39,43)/t25?,27?,28?,30?,31-,32+,33-,34-,36-/m1/s1. The van der Waals surface area contributed by atoms with Crippen LogP contribution in [-0.2, 0) is 19.1 Å². The number of carbonyl (C=O) groups excluding carboxylic acids is 2. The summed E-state index contributed by atoms with van der Waals surface area (Å²) in [6, 6.07) is -1.06. The Kier molecular flexibility index (Phi) is 19.2. The summed E-state index contributed by atoms with van der Waals surface area (Å²) in [5.74, 6) is 0.975. The number of hydrogen-bond acceptors (Lipinski definition) is 8. The van der Waals surface area contributed by atoms with Gasteiger partial charge in [0.25, 0.3) is 0 Å². The zero-order chi connectivity index (χ0) is 33.3. The van der Waals surface area contributed by atoms with E-state index in [0.29, 0.717) is 5.92 Å². The van der Waals surface area contributed by atoms with E-state index in [1.165, 1.54) is 95.2 Å². The number of aliphatic hydroxyl groups excluding tert-OH is 2. The molecule has 0 radical (unpaired) electrons. The second kappa shape index (κ2) is 22.2. The van der Waals surface area contributed by atoms with Crippen LogP contribution in [0.15, 0.2) is 0 Å². The minimum atomic E-state index is -1.38. The van der Waals surface area contributed by atoms with Gasteiger partial charge in [-0.25, -0.2) is 0 Å². The van der Waals surface area contributed by atoms with Gasteiger partial charge in [-0.2, -0.15) is 0 Å². The van der Waals surface area contributed by atoms with Crippen LogP contribution in [0.1, 0.15) is 142 Å². The van der Waals surface area contributed by atoms with E-state index in [0.717, 1.165) is 51.0 Å². The minimum Gasteiger partial charge on any atom is -0.456 e. The van der Waals surface area contributed by atoms with E-state index in [1.54, 1.807) is 6.92 Å². The molecule has 46 heavy (non-hydrogen) atoms. The van der Waals surface area contributed by atoms with Crippen LogP contribution < -0.4 is 10.6 Å². The lowest BCUT2D eigenvalue weighted by Crippen LogP contribution is -2.65. The van der Waals surface area contributed by atoms with Crippen molar-refractivity contribution in [2.75, 3.05) is 12.8 Å². The number of amides is 1. The van der Waals surface area contributed by atoms with Crippen LogP contribution in [0.25, 0.3) is 0 Å². The van der Waals surface area contributed by atoms with Crippen molar-refractivity contribution >= 4 is 35.2 Å². The van der Waals surface area contributed by atoms with Gasteiger partial charge in [0.1, 0.15) is 23.7 Å². The smallest absolute Gasteiger partial charge is 0.306 e. The van der Waals surface area contributed by atoms with Gasteiger partial charge in [-0.1, -0.05) is 96.8 Å². The molecule has 3 rings (SSSR count). The van der Waals surface area contributed by atoms with E-state index >= 15 is 0 Å².